The molecule has 7 heteroatoms. The minimum absolute atomic E-state index is 0.103. The number of amides is 1. The highest BCUT2D eigenvalue weighted by molar-refractivity contribution is 5.91. The molecule has 1 aliphatic carbocycles. The van der Waals surface area contributed by atoms with E-state index in [1.165, 1.54) is 25.7 Å². The summed E-state index contributed by atoms with van der Waals surface area (Å²) in [4.78, 5) is 14.2. The summed E-state index contributed by atoms with van der Waals surface area (Å²) in [5.74, 6) is -0.103. The third-order valence-corrected chi connectivity index (χ3v) is 4.45. The van der Waals surface area contributed by atoms with Gasteiger partial charge in [0.15, 0.2) is 5.69 Å². The number of nitrogens with zero attached hydrogens (tertiary/aromatic N) is 6. The smallest absolute Gasteiger partial charge is 0.276 e. The van der Waals surface area contributed by atoms with Gasteiger partial charge in [0, 0.05) is 32.4 Å². The lowest BCUT2D eigenvalue weighted by molar-refractivity contribution is 0.0779. The van der Waals surface area contributed by atoms with Crippen LogP contribution in [0.4, 0.5) is 0 Å². The maximum atomic E-state index is 12.5. The fourth-order valence-corrected chi connectivity index (χ4v) is 3.17. The molecule has 7 nitrogen and oxygen atoms in total. The van der Waals surface area contributed by atoms with E-state index in [0.29, 0.717) is 18.3 Å². The Kier molecular flexibility index (Phi) is 4.73. The Hall–Kier alpha value is -2.18. The second-order valence-electron chi connectivity index (χ2n) is 6.41. The third kappa shape index (κ3) is 3.78. The van der Waals surface area contributed by atoms with Crippen LogP contribution in [0.25, 0.3) is 0 Å². The Bertz CT molecular complexity index is 653. The van der Waals surface area contributed by atoms with E-state index < -0.39 is 0 Å². The van der Waals surface area contributed by atoms with Crippen LogP contribution in [0.15, 0.2) is 18.6 Å². The van der Waals surface area contributed by atoms with Gasteiger partial charge in [-0.3, -0.25) is 9.48 Å². The lowest BCUT2D eigenvalue weighted by Gasteiger charge is -2.15. The first-order valence-electron chi connectivity index (χ1n) is 8.28. The van der Waals surface area contributed by atoms with Crippen LogP contribution in [0, 0.1) is 0 Å². The number of rotatable bonds is 4. The van der Waals surface area contributed by atoms with Gasteiger partial charge in [-0.05, 0) is 12.8 Å². The highest BCUT2D eigenvalue weighted by Gasteiger charge is 2.20. The molecule has 0 atom stereocenters. The summed E-state index contributed by atoms with van der Waals surface area (Å²) in [6, 6.07) is 0.384. The number of carbonyl (C=O) groups excluding carboxylic acids is 1. The molecule has 124 valence electrons. The second-order valence-corrected chi connectivity index (χ2v) is 6.41. The van der Waals surface area contributed by atoms with E-state index in [9.17, 15) is 4.79 Å². The molecule has 1 saturated carbocycles. The first-order chi connectivity index (χ1) is 11.1. The van der Waals surface area contributed by atoms with Crippen LogP contribution in [0.1, 0.15) is 60.6 Å². The summed E-state index contributed by atoms with van der Waals surface area (Å²) in [7, 11) is 3.64. The fraction of sp³-hybridized carbons (Fsp3) is 0.625. The van der Waals surface area contributed by atoms with Crippen LogP contribution in [-0.4, -0.2) is 42.6 Å². The van der Waals surface area contributed by atoms with Gasteiger partial charge in [-0.25, -0.2) is 4.68 Å². The molecule has 0 aliphatic heterocycles. The van der Waals surface area contributed by atoms with Crippen LogP contribution in [-0.2, 0) is 13.6 Å². The quantitative estimate of drug-likeness (QED) is 0.811. The van der Waals surface area contributed by atoms with Crippen molar-refractivity contribution in [2.24, 2.45) is 7.05 Å². The summed E-state index contributed by atoms with van der Waals surface area (Å²) >= 11 is 0. The van der Waals surface area contributed by atoms with Crippen molar-refractivity contribution >= 4 is 5.91 Å². The molecule has 3 rings (SSSR count). The third-order valence-electron chi connectivity index (χ3n) is 4.45. The number of hydrogen-bond acceptors (Lipinski definition) is 4. The first kappa shape index (κ1) is 15.7. The molecular weight excluding hydrogens is 292 g/mol. The average Bonchev–Trinajstić information content (AvgIpc) is 3.09. The minimum atomic E-state index is -0.103. The van der Waals surface area contributed by atoms with Gasteiger partial charge < -0.3 is 4.90 Å². The highest BCUT2D eigenvalue weighted by atomic mass is 16.2. The maximum Gasteiger partial charge on any atom is 0.276 e. The van der Waals surface area contributed by atoms with E-state index in [0.717, 1.165) is 18.4 Å². The highest BCUT2D eigenvalue weighted by Crippen LogP contribution is 2.26. The van der Waals surface area contributed by atoms with Gasteiger partial charge in [-0.15, -0.1) is 5.10 Å². The zero-order chi connectivity index (χ0) is 16.2. The van der Waals surface area contributed by atoms with Crippen molar-refractivity contribution in [2.75, 3.05) is 7.05 Å². The number of hydrogen-bond donors (Lipinski definition) is 0. The van der Waals surface area contributed by atoms with Gasteiger partial charge in [-0.1, -0.05) is 30.9 Å². The molecule has 0 saturated heterocycles. The van der Waals surface area contributed by atoms with E-state index in [4.69, 9.17) is 0 Å². The van der Waals surface area contributed by atoms with E-state index >= 15 is 0 Å². The first-order valence-corrected chi connectivity index (χ1v) is 8.28. The molecule has 0 radical (unpaired) electrons. The summed E-state index contributed by atoms with van der Waals surface area (Å²) in [6.45, 7) is 0.517. The van der Waals surface area contributed by atoms with Crippen LogP contribution >= 0.6 is 0 Å². The van der Waals surface area contributed by atoms with Crippen LogP contribution in [0.5, 0.6) is 0 Å². The lowest BCUT2D eigenvalue weighted by Crippen LogP contribution is -2.26. The van der Waals surface area contributed by atoms with Crippen LogP contribution < -0.4 is 0 Å². The van der Waals surface area contributed by atoms with Gasteiger partial charge in [-0.2, -0.15) is 5.10 Å². The zero-order valence-corrected chi connectivity index (χ0v) is 13.9. The molecule has 23 heavy (non-hydrogen) atoms. The van der Waals surface area contributed by atoms with Gasteiger partial charge in [0.1, 0.15) is 0 Å². The van der Waals surface area contributed by atoms with Crippen molar-refractivity contribution in [2.45, 2.75) is 51.1 Å². The molecule has 0 aromatic carbocycles. The van der Waals surface area contributed by atoms with Crippen LogP contribution in [0.3, 0.4) is 0 Å². The van der Waals surface area contributed by atoms with Gasteiger partial charge in [0.2, 0.25) is 0 Å². The SMILES string of the molecule is CN(Cc1cnn(C)c1)C(=O)c1cn(C2CCCCCC2)nn1. The summed E-state index contributed by atoms with van der Waals surface area (Å²) in [5.41, 5.74) is 1.42. The predicted octanol–water partition coefficient (Wildman–Crippen LogP) is 2.18. The van der Waals surface area contributed by atoms with Gasteiger partial charge in [0.05, 0.1) is 18.4 Å². The Morgan fingerprint density at radius 2 is 2.00 bits per heavy atom. The Labute approximate surface area is 136 Å². The van der Waals surface area contributed by atoms with E-state index in [2.05, 4.69) is 15.4 Å². The normalized spacial score (nSPS) is 16.3. The van der Waals surface area contributed by atoms with E-state index in [1.54, 1.807) is 29.0 Å². The van der Waals surface area contributed by atoms with Gasteiger partial charge >= 0.3 is 0 Å². The maximum absolute atomic E-state index is 12.5. The molecular formula is C16H24N6O. The summed E-state index contributed by atoms with van der Waals surface area (Å²) in [5, 5.41) is 12.4. The van der Waals surface area contributed by atoms with Crippen molar-refractivity contribution < 1.29 is 4.79 Å². The number of aromatic nitrogens is 5. The van der Waals surface area contributed by atoms with Crippen molar-refractivity contribution in [3.63, 3.8) is 0 Å². The Balaban J connectivity index is 1.65. The Morgan fingerprint density at radius 3 is 2.65 bits per heavy atom. The van der Waals surface area contributed by atoms with Crippen molar-refractivity contribution in [1.29, 1.82) is 0 Å². The topological polar surface area (TPSA) is 68.8 Å². The monoisotopic (exact) mass is 316 g/mol. The largest absolute Gasteiger partial charge is 0.336 e. The summed E-state index contributed by atoms with van der Waals surface area (Å²) < 4.78 is 3.62. The zero-order valence-electron chi connectivity index (χ0n) is 13.9. The molecule has 0 bridgehead atoms. The van der Waals surface area contributed by atoms with Crippen LogP contribution in [0.2, 0.25) is 0 Å². The number of carbonyl (C=O) groups is 1. The van der Waals surface area contributed by atoms with E-state index in [-0.39, 0.29) is 5.91 Å². The van der Waals surface area contributed by atoms with Gasteiger partial charge in [0.25, 0.3) is 5.91 Å². The van der Waals surface area contributed by atoms with Crippen molar-refractivity contribution in [3.05, 3.63) is 29.8 Å². The molecule has 2 heterocycles. The fourth-order valence-electron chi connectivity index (χ4n) is 3.17. The Morgan fingerprint density at radius 1 is 1.26 bits per heavy atom. The molecule has 1 aliphatic rings. The molecule has 2 aromatic rings. The molecule has 2 aromatic heterocycles. The summed E-state index contributed by atoms with van der Waals surface area (Å²) in [6.07, 6.45) is 12.8. The minimum Gasteiger partial charge on any atom is -0.336 e. The average molecular weight is 316 g/mol. The van der Waals surface area contributed by atoms with Crippen molar-refractivity contribution in [3.8, 4) is 0 Å². The molecule has 1 amide bonds. The predicted molar refractivity (Wildman–Crippen MR) is 85.8 cm³/mol. The lowest BCUT2D eigenvalue weighted by atomic mass is 10.1. The van der Waals surface area contributed by atoms with E-state index in [1.807, 2.05) is 17.9 Å². The van der Waals surface area contributed by atoms with Crippen molar-refractivity contribution in [1.82, 2.24) is 29.7 Å². The standard InChI is InChI=1S/C16H24N6O/c1-20(10-13-9-17-21(2)11-13)16(23)15-12-22(19-18-15)14-7-5-3-4-6-8-14/h9,11-12,14H,3-8,10H2,1-2H3. The number of aryl methyl sites for hydroxylation is 1. The molecule has 0 N–H and O–H groups in total. The molecule has 0 spiro atoms. The molecule has 1 fully saturated rings. The second kappa shape index (κ2) is 6.93. The molecule has 0 unspecified atom stereocenters.